The molecule has 0 aliphatic rings. The third kappa shape index (κ3) is 4.36. The molecule has 0 spiro atoms. The number of alkyl halides is 1. The number of hydrogen-bond donors (Lipinski definition) is 0. The van der Waals surface area contributed by atoms with Crippen molar-refractivity contribution in [1.82, 2.24) is 0 Å². The lowest BCUT2D eigenvalue weighted by atomic mass is 9.90. The second-order valence-corrected chi connectivity index (χ2v) is 9.13. The highest BCUT2D eigenvalue weighted by atomic mass is 79.9. The molecule has 0 aliphatic heterocycles. The first-order valence-corrected chi connectivity index (χ1v) is 12.1. The molecule has 0 saturated carbocycles. The number of thiophene rings is 1. The minimum atomic E-state index is -0.0242. The minimum Gasteiger partial charge on any atom is -0.497 e. The second kappa shape index (κ2) is 9.43. The predicted octanol–water partition coefficient (Wildman–Crippen LogP) is 7.54. The summed E-state index contributed by atoms with van der Waals surface area (Å²) in [6, 6.07) is 17.2. The van der Waals surface area contributed by atoms with Crippen molar-refractivity contribution < 1.29 is 14.3 Å². The fourth-order valence-corrected chi connectivity index (χ4v) is 5.01. The van der Waals surface area contributed by atoms with Gasteiger partial charge in [0.1, 0.15) is 11.5 Å². The highest BCUT2D eigenvalue weighted by molar-refractivity contribution is 9.09. The summed E-state index contributed by atoms with van der Waals surface area (Å²) in [5.74, 6) is 1.34. The van der Waals surface area contributed by atoms with E-state index in [0.717, 1.165) is 26.8 Å². The highest BCUT2D eigenvalue weighted by Crippen LogP contribution is 2.39. The van der Waals surface area contributed by atoms with Crippen molar-refractivity contribution in [3.05, 3.63) is 81.7 Å². The van der Waals surface area contributed by atoms with Gasteiger partial charge < -0.3 is 9.47 Å². The molecule has 4 aromatic rings. The van der Waals surface area contributed by atoms with Crippen molar-refractivity contribution in [1.29, 1.82) is 0 Å². The molecule has 31 heavy (non-hydrogen) atoms. The van der Waals surface area contributed by atoms with Gasteiger partial charge in [-0.2, -0.15) is 0 Å². The van der Waals surface area contributed by atoms with E-state index in [9.17, 15) is 4.79 Å². The van der Waals surface area contributed by atoms with Crippen LogP contribution in [0.15, 0.2) is 60.0 Å². The summed E-state index contributed by atoms with van der Waals surface area (Å²) in [4.78, 5) is 13.8. The lowest BCUT2D eigenvalue weighted by molar-refractivity contribution is 0.104. The molecule has 0 unspecified atom stereocenters. The van der Waals surface area contributed by atoms with Gasteiger partial charge >= 0.3 is 0 Å². The standard InChI is InChI=1S/C25H20BrClO3S/c1-15-11-17(30-10-9-26)12-20(18-8-7-16(29-2)13-22(18)27)24(15)25(28)21-14-31-23-6-4-3-5-19(21)23/h3-8,11-14H,9-10H2,1-2H3. The van der Waals surface area contributed by atoms with Crippen molar-refractivity contribution in [2.24, 2.45) is 0 Å². The van der Waals surface area contributed by atoms with Gasteiger partial charge in [-0.3, -0.25) is 4.79 Å². The van der Waals surface area contributed by atoms with E-state index in [-0.39, 0.29) is 5.78 Å². The zero-order valence-electron chi connectivity index (χ0n) is 17.1. The van der Waals surface area contributed by atoms with Crippen LogP contribution in [0.1, 0.15) is 21.5 Å². The number of ether oxygens (including phenoxy) is 2. The van der Waals surface area contributed by atoms with E-state index in [0.29, 0.717) is 39.6 Å². The van der Waals surface area contributed by atoms with Crippen LogP contribution < -0.4 is 9.47 Å². The molecule has 0 bridgehead atoms. The molecule has 0 amide bonds. The number of hydrogen-bond acceptors (Lipinski definition) is 4. The molecule has 0 fully saturated rings. The van der Waals surface area contributed by atoms with Crippen LogP contribution in [0.5, 0.6) is 11.5 Å². The van der Waals surface area contributed by atoms with Crippen molar-refractivity contribution in [3.8, 4) is 22.6 Å². The Bertz CT molecular complexity index is 1270. The molecule has 1 aromatic heterocycles. The van der Waals surface area contributed by atoms with Crippen LogP contribution in [0.3, 0.4) is 0 Å². The van der Waals surface area contributed by atoms with Crippen LogP contribution in [-0.4, -0.2) is 24.8 Å². The van der Waals surface area contributed by atoms with Crippen LogP contribution in [0.2, 0.25) is 5.02 Å². The van der Waals surface area contributed by atoms with Gasteiger partial charge in [-0.05, 0) is 54.4 Å². The third-order valence-electron chi connectivity index (χ3n) is 5.07. The first kappa shape index (κ1) is 21.9. The van der Waals surface area contributed by atoms with Crippen molar-refractivity contribution in [3.63, 3.8) is 0 Å². The Hall–Kier alpha value is -2.34. The van der Waals surface area contributed by atoms with E-state index < -0.39 is 0 Å². The number of benzene rings is 3. The van der Waals surface area contributed by atoms with E-state index in [4.69, 9.17) is 21.1 Å². The molecule has 3 nitrogen and oxygen atoms in total. The van der Waals surface area contributed by atoms with Crippen LogP contribution >= 0.6 is 38.9 Å². The van der Waals surface area contributed by atoms with Crippen LogP contribution in [0.4, 0.5) is 0 Å². The largest absolute Gasteiger partial charge is 0.497 e. The molecular weight excluding hydrogens is 496 g/mol. The van der Waals surface area contributed by atoms with Gasteiger partial charge in [-0.25, -0.2) is 0 Å². The Morgan fingerprint density at radius 3 is 2.61 bits per heavy atom. The van der Waals surface area contributed by atoms with Crippen LogP contribution in [0.25, 0.3) is 21.2 Å². The SMILES string of the molecule is COc1ccc(-c2cc(OCCBr)cc(C)c2C(=O)c2csc3ccccc23)c(Cl)c1. The number of carbonyl (C=O) groups is 1. The summed E-state index contributed by atoms with van der Waals surface area (Å²) in [5, 5.41) is 4.12. The number of rotatable bonds is 7. The summed E-state index contributed by atoms with van der Waals surface area (Å²) in [7, 11) is 1.60. The maximum absolute atomic E-state index is 13.8. The molecule has 0 aliphatic carbocycles. The Kier molecular flexibility index (Phi) is 6.65. The quantitative estimate of drug-likeness (QED) is 0.188. The number of methoxy groups -OCH3 is 1. The van der Waals surface area contributed by atoms with Crippen LogP contribution in [-0.2, 0) is 0 Å². The monoisotopic (exact) mass is 514 g/mol. The Morgan fingerprint density at radius 2 is 1.87 bits per heavy atom. The minimum absolute atomic E-state index is 0.0242. The average Bonchev–Trinajstić information content (AvgIpc) is 3.21. The maximum Gasteiger partial charge on any atom is 0.195 e. The van der Waals surface area contributed by atoms with Gasteiger partial charge in [0, 0.05) is 37.5 Å². The van der Waals surface area contributed by atoms with Crippen molar-refractivity contribution >= 4 is 54.7 Å². The van der Waals surface area contributed by atoms with E-state index in [2.05, 4.69) is 15.9 Å². The first-order valence-electron chi connectivity index (χ1n) is 9.71. The fourth-order valence-electron chi connectivity index (χ4n) is 3.64. The van der Waals surface area contributed by atoms with Gasteiger partial charge in [-0.15, -0.1) is 11.3 Å². The smallest absolute Gasteiger partial charge is 0.195 e. The molecule has 0 atom stereocenters. The summed E-state index contributed by atoms with van der Waals surface area (Å²) >= 11 is 11.6. The predicted molar refractivity (Wildman–Crippen MR) is 133 cm³/mol. The van der Waals surface area contributed by atoms with E-state index >= 15 is 0 Å². The normalized spacial score (nSPS) is 11.0. The Balaban J connectivity index is 1.91. The molecule has 3 aromatic carbocycles. The number of ketones is 1. The molecule has 0 radical (unpaired) electrons. The second-order valence-electron chi connectivity index (χ2n) is 7.02. The molecule has 158 valence electrons. The van der Waals surface area contributed by atoms with Gasteiger partial charge in [0.25, 0.3) is 0 Å². The summed E-state index contributed by atoms with van der Waals surface area (Å²) in [6.45, 7) is 2.46. The van der Waals surface area contributed by atoms with Gasteiger partial charge in [0.15, 0.2) is 5.78 Å². The Labute approximate surface area is 198 Å². The molecule has 0 N–H and O–H groups in total. The zero-order chi connectivity index (χ0) is 22.0. The highest BCUT2D eigenvalue weighted by Gasteiger charge is 2.23. The van der Waals surface area contributed by atoms with Crippen molar-refractivity contribution in [2.45, 2.75) is 6.92 Å². The average molecular weight is 516 g/mol. The number of carbonyl (C=O) groups excluding carboxylic acids is 1. The molecule has 0 saturated heterocycles. The van der Waals surface area contributed by atoms with Crippen LogP contribution in [0, 0.1) is 6.92 Å². The van der Waals surface area contributed by atoms with Gasteiger partial charge in [0.05, 0.1) is 18.7 Å². The first-order chi connectivity index (χ1) is 15.0. The van der Waals surface area contributed by atoms with Crippen molar-refractivity contribution in [2.75, 3.05) is 19.0 Å². The van der Waals surface area contributed by atoms with Gasteiger partial charge in [-0.1, -0.05) is 45.7 Å². The van der Waals surface area contributed by atoms with E-state index in [1.165, 1.54) is 0 Å². The van der Waals surface area contributed by atoms with E-state index in [1.807, 2.05) is 60.8 Å². The number of halogens is 2. The molecule has 6 heteroatoms. The zero-order valence-corrected chi connectivity index (χ0v) is 20.2. The topological polar surface area (TPSA) is 35.5 Å². The lowest BCUT2D eigenvalue weighted by Crippen LogP contribution is -2.07. The summed E-state index contributed by atoms with van der Waals surface area (Å²) in [5.41, 5.74) is 3.68. The molecule has 4 rings (SSSR count). The summed E-state index contributed by atoms with van der Waals surface area (Å²) < 4.78 is 12.2. The molecular formula is C25H20BrClO3S. The van der Waals surface area contributed by atoms with Gasteiger partial charge in [0.2, 0.25) is 0 Å². The lowest BCUT2D eigenvalue weighted by Gasteiger charge is -2.16. The number of fused-ring (bicyclic) bond motifs is 1. The fraction of sp³-hybridized carbons (Fsp3) is 0.160. The number of aryl methyl sites for hydroxylation is 1. The maximum atomic E-state index is 13.8. The van der Waals surface area contributed by atoms with E-state index in [1.54, 1.807) is 24.5 Å². The third-order valence-corrected chi connectivity index (χ3v) is 6.67. The Morgan fingerprint density at radius 1 is 1.06 bits per heavy atom. The summed E-state index contributed by atoms with van der Waals surface area (Å²) in [6.07, 6.45) is 0. The molecule has 1 heterocycles.